The molecule has 0 spiro atoms. The van der Waals surface area contributed by atoms with Gasteiger partial charge < -0.3 is 20.1 Å². The van der Waals surface area contributed by atoms with Crippen molar-refractivity contribution in [2.75, 3.05) is 7.11 Å². The number of nitrogens with one attached hydrogen (secondary N) is 2. The van der Waals surface area contributed by atoms with Crippen LogP contribution >= 0.6 is 0 Å². The van der Waals surface area contributed by atoms with Gasteiger partial charge >= 0.3 is 5.97 Å². The summed E-state index contributed by atoms with van der Waals surface area (Å²) in [5.41, 5.74) is -0.510. The molecule has 0 fully saturated rings. The molecule has 0 radical (unpaired) electrons. The van der Waals surface area contributed by atoms with E-state index >= 15 is 0 Å². The molecule has 0 saturated carbocycles. The summed E-state index contributed by atoms with van der Waals surface area (Å²) < 4.78 is 19.1. The van der Waals surface area contributed by atoms with Gasteiger partial charge in [-0.25, -0.2) is 4.39 Å². The molecule has 0 bridgehead atoms. The van der Waals surface area contributed by atoms with E-state index in [1.165, 1.54) is 25.3 Å². The molecule has 1 aromatic heterocycles. The number of hydrogen-bond donors (Lipinski definition) is 3. The number of benzene rings is 1. The summed E-state index contributed by atoms with van der Waals surface area (Å²) in [4.78, 5) is 26.4. The minimum absolute atomic E-state index is 0.157. The SMILES string of the molecule is CCC(CC)(CC(=O)O)NC(=O)c1cc2c(OC)ccc(F)c2[nH]1. The third-order valence-electron chi connectivity index (χ3n) is 4.39. The van der Waals surface area contributed by atoms with Crippen molar-refractivity contribution in [2.24, 2.45) is 0 Å². The Hall–Kier alpha value is -2.57. The van der Waals surface area contributed by atoms with Gasteiger partial charge in [0, 0.05) is 5.39 Å². The van der Waals surface area contributed by atoms with Gasteiger partial charge in [-0.05, 0) is 31.0 Å². The normalized spacial score (nSPS) is 11.5. The number of aromatic nitrogens is 1. The average molecular weight is 336 g/mol. The molecule has 1 aromatic carbocycles. The predicted molar refractivity (Wildman–Crippen MR) is 87.8 cm³/mol. The van der Waals surface area contributed by atoms with Gasteiger partial charge in [0.05, 0.1) is 24.6 Å². The molecule has 1 amide bonds. The number of methoxy groups -OCH3 is 1. The number of carbonyl (C=O) groups excluding carboxylic acids is 1. The summed E-state index contributed by atoms with van der Waals surface area (Å²) in [5, 5.41) is 12.3. The number of amides is 1. The van der Waals surface area contributed by atoms with Gasteiger partial charge in [-0.1, -0.05) is 13.8 Å². The van der Waals surface area contributed by atoms with Crippen molar-refractivity contribution in [3.8, 4) is 5.75 Å². The lowest BCUT2D eigenvalue weighted by molar-refractivity contribution is -0.138. The molecule has 2 aromatic rings. The quantitative estimate of drug-likeness (QED) is 0.724. The number of fused-ring (bicyclic) bond motifs is 1. The summed E-state index contributed by atoms with van der Waals surface area (Å²) in [7, 11) is 1.46. The molecule has 0 saturated heterocycles. The van der Waals surface area contributed by atoms with Crippen molar-refractivity contribution in [2.45, 2.75) is 38.6 Å². The fraction of sp³-hybridized carbons (Fsp3) is 0.412. The second-order valence-corrected chi connectivity index (χ2v) is 5.73. The fourth-order valence-corrected chi connectivity index (χ4v) is 2.78. The van der Waals surface area contributed by atoms with E-state index in [9.17, 15) is 14.0 Å². The minimum Gasteiger partial charge on any atom is -0.496 e. The monoisotopic (exact) mass is 336 g/mol. The van der Waals surface area contributed by atoms with Crippen LogP contribution in [0.15, 0.2) is 18.2 Å². The smallest absolute Gasteiger partial charge is 0.305 e. The van der Waals surface area contributed by atoms with Gasteiger partial charge in [-0.2, -0.15) is 0 Å². The molecule has 0 unspecified atom stereocenters. The summed E-state index contributed by atoms with van der Waals surface area (Å²) in [5.74, 6) is -1.50. The van der Waals surface area contributed by atoms with Gasteiger partial charge in [0.15, 0.2) is 0 Å². The standard InChI is InChI=1S/C17H21FN2O4/c1-4-17(5-2,9-14(21)22)20-16(23)12-8-10-13(24-3)7-6-11(18)15(10)19-12/h6-8,19H,4-5,9H2,1-3H3,(H,20,23)(H,21,22). The first-order valence-corrected chi connectivity index (χ1v) is 7.75. The zero-order valence-electron chi connectivity index (χ0n) is 13.9. The number of ether oxygens (including phenoxy) is 1. The van der Waals surface area contributed by atoms with E-state index in [4.69, 9.17) is 9.84 Å². The van der Waals surface area contributed by atoms with E-state index in [2.05, 4.69) is 10.3 Å². The van der Waals surface area contributed by atoms with Crippen LogP contribution in [0.2, 0.25) is 0 Å². The number of carboxylic acid groups (broad SMARTS) is 1. The molecule has 7 heteroatoms. The van der Waals surface area contributed by atoms with Crippen LogP contribution in [0, 0.1) is 5.82 Å². The Morgan fingerprint density at radius 1 is 1.33 bits per heavy atom. The number of aliphatic carboxylic acids is 1. The highest BCUT2D eigenvalue weighted by molar-refractivity contribution is 6.00. The van der Waals surface area contributed by atoms with E-state index in [0.29, 0.717) is 24.0 Å². The highest BCUT2D eigenvalue weighted by atomic mass is 19.1. The van der Waals surface area contributed by atoms with Gasteiger partial charge in [-0.3, -0.25) is 9.59 Å². The lowest BCUT2D eigenvalue weighted by atomic mass is 9.89. The zero-order chi connectivity index (χ0) is 17.9. The van der Waals surface area contributed by atoms with Crippen LogP contribution in [0.5, 0.6) is 5.75 Å². The summed E-state index contributed by atoms with van der Waals surface area (Å²) >= 11 is 0. The first-order valence-electron chi connectivity index (χ1n) is 7.75. The van der Waals surface area contributed by atoms with Crippen molar-refractivity contribution >= 4 is 22.8 Å². The van der Waals surface area contributed by atoms with Gasteiger partial charge in [0.1, 0.15) is 17.3 Å². The topological polar surface area (TPSA) is 91.4 Å². The van der Waals surface area contributed by atoms with Crippen LogP contribution in [0.3, 0.4) is 0 Å². The number of carboxylic acids is 1. The maximum atomic E-state index is 13.9. The highest BCUT2D eigenvalue weighted by Gasteiger charge is 2.31. The zero-order valence-corrected chi connectivity index (χ0v) is 13.9. The Morgan fingerprint density at radius 3 is 2.54 bits per heavy atom. The minimum atomic E-state index is -0.983. The molecule has 2 rings (SSSR count). The van der Waals surface area contributed by atoms with Crippen LogP contribution in [-0.2, 0) is 4.79 Å². The Morgan fingerprint density at radius 2 is 2.00 bits per heavy atom. The lowest BCUT2D eigenvalue weighted by Crippen LogP contribution is -2.49. The van der Waals surface area contributed by atoms with Crippen molar-refractivity contribution in [1.82, 2.24) is 10.3 Å². The van der Waals surface area contributed by atoms with E-state index in [1.807, 2.05) is 13.8 Å². The third kappa shape index (κ3) is 3.34. The molecule has 0 aliphatic carbocycles. The van der Waals surface area contributed by atoms with E-state index in [1.54, 1.807) is 0 Å². The largest absolute Gasteiger partial charge is 0.496 e. The van der Waals surface area contributed by atoms with Gasteiger partial charge in [-0.15, -0.1) is 0 Å². The Bertz CT molecular complexity index is 765. The Kier molecular flexibility index (Phi) is 5.11. The maximum Gasteiger partial charge on any atom is 0.305 e. The van der Waals surface area contributed by atoms with Crippen LogP contribution in [-0.4, -0.2) is 34.6 Å². The summed E-state index contributed by atoms with van der Waals surface area (Å²) in [6, 6.07) is 4.25. The maximum absolute atomic E-state index is 13.9. The first kappa shape index (κ1) is 17.8. The van der Waals surface area contributed by atoms with Crippen LogP contribution in [0.25, 0.3) is 10.9 Å². The van der Waals surface area contributed by atoms with Gasteiger partial charge in [0.2, 0.25) is 0 Å². The van der Waals surface area contributed by atoms with Gasteiger partial charge in [0.25, 0.3) is 5.91 Å². The third-order valence-corrected chi connectivity index (χ3v) is 4.39. The first-order chi connectivity index (χ1) is 11.4. The van der Waals surface area contributed by atoms with E-state index in [0.717, 1.165) is 0 Å². The number of H-pyrrole nitrogens is 1. The molecule has 0 aliphatic heterocycles. The molecule has 1 heterocycles. The number of aromatic amines is 1. The van der Waals surface area contributed by atoms with Crippen LogP contribution in [0.1, 0.15) is 43.6 Å². The van der Waals surface area contributed by atoms with E-state index in [-0.39, 0.29) is 17.6 Å². The number of carbonyl (C=O) groups is 2. The summed E-state index contributed by atoms with van der Waals surface area (Å²) in [6.45, 7) is 3.64. The number of hydrogen-bond acceptors (Lipinski definition) is 3. The van der Waals surface area contributed by atoms with Crippen molar-refractivity contribution in [1.29, 1.82) is 0 Å². The molecule has 6 nitrogen and oxygen atoms in total. The Balaban J connectivity index is 2.37. The average Bonchev–Trinajstić information content (AvgIpc) is 3.00. The molecular formula is C17H21FN2O4. The number of rotatable bonds is 7. The van der Waals surface area contributed by atoms with Crippen LogP contribution < -0.4 is 10.1 Å². The Labute approximate surface area is 139 Å². The summed E-state index contributed by atoms with van der Waals surface area (Å²) in [6.07, 6.45) is 0.766. The van der Waals surface area contributed by atoms with E-state index < -0.39 is 23.2 Å². The molecule has 0 aliphatic rings. The van der Waals surface area contributed by atoms with Crippen molar-refractivity contribution in [3.05, 3.63) is 29.7 Å². The second-order valence-electron chi connectivity index (χ2n) is 5.73. The second kappa shape index (κ2) is 6.90. The predicted octanol–water partition coefficient (Wildman–Crippen LogP) is 3.08. The lowest BCUT2D eigenvalue weighted by Gasteiger charge is -2.31. The molecular weight excluding hydrogens is 315 g/mol. The van der Waals surface area contributed by atoms with Crippen molar-refractivity contribution < 1.29 is 23.8 Å². The van der Waals surface area contributed by atoms with Crippen LogP contribution in [0.4, 0.5) is 4.39 Å². The molecule has 0 atom stereocenters. The molecule has 130 valence electrons. The molecule has 3 N–H and O–H groups in total. The highest BCUT2D eigenvalue weighted by Crippen LogP contribution is 2.29. The fourth-order valence-electron chi connectivity index (χ4n) is 2.78. The molecule has 24 heavy (non-hydrogen) atoms. The number of halogens is 1. The van der Waals surface area contributed by atoms with Crippen molar-refractivity contribution in [3.63, 3.8) is 0 Å².